The van der Waals surface area contributed by atoms with Gasteiger partial charge in [0.25, 0.3) is 0 Å². The molecule has 18 heavy (non-hydrogen) atoms. The maximum atomic E-state index is 11.4. The Labute approximate surface area is 104 Å². The fourth-order valence-electron chi connectivity index (χ4n) is 1.18. The Kier molecular flexibility index (Phi) is 4.67. The second-order valence-electron chi connectivity index (χ2n) is 3.27. The number of carbonyl (C=O) groups is 1. The van der Waals surface area contributed by atoms with Crippen molar-refractivity contribution in [2.45, 2.75) is 6.92 Å². The molecular weight excluding hydrogens is 234 g/mol. The van der Waals surface area contributed by atoms with Crippen LogP contribution in [-0.2, 0) is 4.74 Å². The van der Waals surface area contributed by atoms with Gasteiger partial charge in [-0.1, -0.05) is 0 Å². The topological polar surface area (TPSA) is 129 Å². The SMILES string of the molecule is CCOC(=O)c1ccc(N=C(N)N=C(N)N)cc1. The molecule has 0 aliphatic carbocycles. The van der Waals surface area contributed by atoms with Gasteiger partial charge in [0.05, 0.1) is 17.9 Å². The van der Waals surface area contributed by atoms with Crippen molar-refractivity contribution in [2.75, 3.05) is 6.61 Å². The molecule has 7 heteroatoms. The van der Waals surface area contributed by atoms with Gasteiger partial charge in [0.15, 0.2) is 5.96 Å². The van der Waals surface area contributed by atoms with Gasteiger partial charge in [-0.3, -0.25) is 0 Å². The molecule has 0 unspecified atom stereocenters. The monoisotopic (exact) mass is 249 g/mol. The van der Waals surface area contributed by atoms with E-state index in [1.165, 1.54) is 0 Å². The van der Waals surface area contributed by atoms with Crippen LogP contribution in [0.3, 0.4) is 0 Å². The molecule has 1 rings (SSSR count). The minimum atomic E-state index is -0.384. The predicted molar refractivity (Wildman–Crippen MR) is 69.5 cm³/mol. The highest BCUT2D eigenvalue weighted by Gasteiger charge is 2.05. The van der Waals surface area contributed by atoms with Gasteiger partial charge in [-0.2, -0.15) is 4.99 Å². The van der Waals surface area contributed by atoms with E-state index in [0.717, 1.165) is 0 Å². The molecule has 0 bridgehead atoms. The average molecular weight is 249 g/mol. The molecule has 0 saturated heterocycles. The van der Waals surface area contributed by atoms with E-state index in [2.05, 4.69) is 9.98 Å². The summed E-state index contributed by atoms with van der Waals surface area (Å²) in [5, 5.41) is 0. The van der Waals surface area contributed by atoms with Gasteiger partial charge >= 0.3 is 5.97 Å². The Bertz CT molecular complexity index is 475. The van der Waals surface area contributed by atoms with Crippen LogP contribution in [0, 0.1) is 0 Å². The molecule has 0 radical (unpaired) electrons. The van der Waals surface area contributed by atoms with E-state index in [9.17, 15) is 4.79 Å². The minimum Gasteiger partial charge on any atom is -0.462 e. The van der Waals surface area contributed by atoms with Crippen molar-refractivity contribution >= 4 is 23.6 Å². The molecule has 0 atom stereocenters. The molecule has 0 spiro atoms. The van der Waals surface area contributed by atoms with Crippen molar-refractivity contribution in [1.29, 1.82) is 0 Å². The molecule has 7 nitrogen and oxygen atoms in total. The number of esters is 1. The molecule has 6 N–H and O–H groups in total. The normalized spacial score (nSPS) is 10.8. The standard InChI is InChI=1S/C11H15N5O2/c1-2-18-9(17)7-3-5-8(6-4-7)15-11(14)16-10(12)13/h3-6H,2H2,1H3,(H6,12,13,14,15,16). The lowest BCUT2D eigenvalue weighted by Crippen LogP contribution is -2.26. The van der Waals surface area contributed by atoms with Crippen LogP contribution in [0.15, 0.2) is 34.3 Å². The van der Waals surface area contributed by atoms with Gasteiger partial charge in [0, 0.05) is 0 Å². The van der Waals surface area contributed by atoms with Gasteiger partial charge in [-0.15, -0.1) is 0 Å². The third-order valence-electron chi connectivity index (χ3n) is 1.87. The molecule has 0 heterocycles. The smallest absolute Gasteiger partial charge is 0.338 e. The van der Waals surface area contributed by atoms with Crippen LogP contribution >= 0.6 is 0 Å². The highest BCUT2D eigenvalue weighted by Crippen LogP contribution is 2.13. The molecule has 0 fully saturated rings. The second-order valence-corrected chi connectivity index (χ2v) is 3.27. The van der Waals surface area contributed by atoms with Crippen LogP contribution in [-0.4, -0.2) is 24.5 Å². The minimum absolute atomic E-state index is 0.0566. The number of hydrogen-bond acceptors (Lipinski definition) is 3. The number of benzene rings is 1. The number of carbonyl (C=O) groups excluding carboxylic acids is 1. The Morgan fingerprint density at radius 3 is 2.33 bits per heavy atom. The third kappa shape index (κ3) is 4.12. The lowest BCUT2D eigenvalue weighted by Gasteiger charge is -2.01. The molecule has 1 aromatic carbocycles. The molecule has 1 aromatic rings. The average Bonchev–Trinajstić information content (AvgIpc) is 2.29. The first-order valence-electron chi connectivity index (χ1n) is 5.24. The van der Waals surface area contributed by atoms with Crippen molar-refractivity contribution in [3.05, 3.63) is 29.8 Å². The summed E-state index contributed by atoms with van der Waals surface area (Å²) in [4.78, 5) is 18.9. The van der Waals surface area contributed by atoms with Crippen molar-refractivity contribution in [1.82, 2.24) is 0 Å². The highest BCUT2D eigenvalue weighted by atomic mass is 16.5. The zero-order valence-corrected chi connectivity index (χ0v) is 9.96. The fraction of sp³-hybridized carbons (Fsp3) is 0.182. The van der Waals surface area contributed by atoms with Crippen LogP contribution in [0.1, 0.15) is 17.3 Å². The largest absolute Gasteiger partial charge is 0.462 e. The Morgan fingerprint density at radius 2 is 1.83 bits per heavy atom. The van der Waals surface area contributed by atoms with E-state index in [1.807, 2.05) is 0 Å². The summed E-state index contributed by atoms with van der Waals surface area (Å²) in [6.07, 6.45) is 0. The van der Waals surface area contributed by atoms with Crippen LogP contribution in [0.25, 0.3) is 0 Å². The number of guanidine groups is 2. The third-order valence-corrected chi connectivity index (χ3v) is 1.87. The maximum absolute atomic E-state index is 11.4. The summed E-state index contributed by atoms with van der Waals surface area (Å²) in [5.74, 6) is -0.608. The Hall–Kier alpha value is -2.57. The van der Waals surface area contributed by atoms with Crippen LogP contribution in [0.2, 0.25) is 0 Å². The highest BCUT2D eigenvalue weighted by molar-refractivity contribution is 5.94. The van der Waals surface area contributed by atoms with E-state index in [4.69, 9.17) is 21.9 Å². The maximum Gasteiger partial charge on any atom is 0.338 e. The molecule has 0 aliphatic rings. The van der Waals surface area contributed by atoms with Crippen LogP contribution < -0.4 is 17.2 Å². The first-order valence-corrected chi connectivity index (χ1v) is 5.24. The van der Waals surface area contributed by atoms with Gasteiger partial charge < -0.3 is 21.9 Å². The summed E-state index contributed by atoms with van der Waals surface area (Å²) < 4.78 is 4.85. The van der Waals surface area contributed by atoms with E-state index in [1.54, 1.807) is 31.2 Å². The number of nitrogens with zero attached hydrogens (tertiary/aromatic N) is 2. The van der Waals surface area contributed by atoms with Crippen molar-refractivity contribution < 1.29 is 9.53 Å². The summed E-state index contributed by atoms with van der Waals surface area (Å²) in [6, 6.07) is 6.39. The van der Waals surface area contributed by atoms with Crippen LogP contribution in [0.5, 0.6) is 0 Å². The van der Waals surface area contributed by atoms with Gasteiger partial charge in [-0.25, -0.2) is 9.79 Å². The van der Waals surface area contributed by atoms with Crippen molar-refractivity contribution in [3.8, 4) is 0 Å². The predicted octanol–water partition coefficient (Wildman–Crippen LogP) is 0.0829. The number of ether oxygens (including phenoxy) is 1. The van der Waals surface area contributed by atoms with Crippen molar-refractivity contribution in [3.63, 3.8) is 0 Å². The second kappa shape index (κ2) is 6.24. The Morgan fingerprint density at radius 1 is 1.22 bits per heavy atom. The number of hydrogen-bond donors (Lipinski definition) is 3. The van der Waals surface area contributed by atoms with E-state index < -0.39 is 0 Å². The van der Waals surface area contributed by atoms with Crippen LogP contribution in [0.4, 0.5) is 5.69 Å². The van der Waals surface area contributed by atoms with Gasteiger partial charge in [-0.05, 0) is 31.2 Å². The molecule has 0 amide bonds. The Balaban J connectivity index is 2.83. The van der Waals surface area contributed by atoms with Gasteiger partial charge in [0.2, 0.25) is 5.96 Å². The summed E-state index contributed by atoms with van der Waals surface area (Å²) in [7, 11) is 0. The quantitative estimate of drug-likeness (QED) is 0.397. The van der Waals surface area contributed by atoms with E-state index in [-0.39, 0.29) is 17.9 Å². The molecule has 0 saturated carbocycles. The van der Waals surface area contributed by atoms with E-state index in [0.29, 0.717) is 17.9 Å². The zero-order chi connectivity index (χ0) is 13.5. The lowest BCUT2D eigenvalue weighted by atomic mass is 10.2. The zero-order valence-electron chi connectivity index (χ0n) is 9.96. The van der Waals surface area contributed by atoms with Gasteiger partial charge in [0.1, 0.15) is 0 Å². The lowest BCUT2D eigenvalue weighted by molar-refractivity contribution is 0.0526. The number of aliphatic imine (C=N–C) groups is 2. The molecule has 96 valence electrons. The van der Waals surface area contributed by atoms with E-state index >= 15 is 0 Å². The van der Waals surface area contributed by atoms with Crippen molar-refractivity contribution in [2.24, 2.45) is 27.2 Å². The molecular formula is C11H15N5O2. The first kappa shape index (κ1) is 13.5. The number of nitrogens with two attached hydrogens (primary N) is 3. The summed E-state index contributed by atoms with van der Waals surface area (Å²) >= 11 is 0. The summed E-state index contributed by atoms with van der Waals surface area (Å²) in [6.45, 7) is 2.07. The first-order chi connectivity index (χ1) is 8.52. The molecule has 0 aromatic heterocycles. The fourth-order valence-corrected chi connectivity index (χ4v) is 1.18. The number of rotatable bonds is 3. The molecule has 0 aliphatic heterocycles. The summed E-state index contributed by atoms with van der Waals surface area (Å²) in [5.41, 5.74) is 16.7.